The van der Waals surface area contributed by atoms with Crippen molar-refractivity contribution in [2.45, 2.75) is 25.8 Å². The van der Waals surface area contributed by atoms with E-state index in [0.717, 1.165) is 49.3 Å². The van der Waals surface area contributed by atoms with Crippen LogP contribution >= 0.6 is 0 Å². The minimum Gasteiger partial charge on any atom is -0.355 e. The Bertz CT molecular complexity index is 994. The summed E-state index contributed by atoms with van der Waals surface area (Å²) in [5.74, 6) is 1.11. The highest BCUT2D eigenvalue weighted by atomic mass is 16.1. The summed E-state index contributed by atoms with van der Waals surface area (Å²) < 4.78 is 1.87. The molecule has 0 bridgehead atoms. The van der Waals surface area contributed by atoms with Crippen LogP contribution in [0.3, 0.4) is 0 Å². The summed E-state index contributed by atoms with van der Waals surface area (Å²) >= 11 is 0. The maximum Gasteiger partial charge on any atom is 0.326 e. The number of nitrogens with zero attached hydrogens (tertiary/aromatic N) is 4. The fraction of sp³-hybridized carbons (Fsp3) is 0.455. The summed E-state index contributed by atoms with van der Waals surface area (Å²) in [7, 11) is 0. The van der Waals surface area contributed by atoms with Gasteiger partial charge in [0, 0.05) is 44.3 Å². The number of hydrogen-bond donors (Lipinski definition) is 1. The van der Waals surface area contributed by atoms with Crippen LogP contribution in [0.1, 0.15) is 19.3 Å². The van der Waals surface area contributed by atoms with Gasteiger partial charge in [-0.05, 0) is 43.7 Å². The standard InChI is InChI=1S/C22H27N5O/c28-21-24-18-8-2-3-9-19(18)27(21)13-7-1-6-12-25-14-22(15-25)16-26(17-22)20-10-4-5-11-23-20/h2-5,8-11H,1,6-7,12-17H2,(H,24,28). The summed E-state index contributed by atoms with van der Waals surface area (Å²) in [4.78, 5) is 24.4. The van der Waals surface area contributed by atoms with E-state index in [1.165, 1.54) is 26.1 Å². The van der Waals surface area contributed by atoms with Crippen molar-refractivity contribution >= 4 is 16.9 Å². The van der Waals surface area contributed by atoms with Gasteiger partial charge in [-0.3, -0.25) is 4.57 Å². The Kier molecular flexibility index (Phi) is 4.43. The maximum atomic E-state index is 12.1. The number of likely N-dealkylation sites (tertiary alicyclic amines) is 1. The molecule has 2 fully saturated rings. The number of pyridine rings is 1. The Morgan fingerprint density at radius 1 is 0.929 bits per heavy atom. The monoisotopic (exact) mass is 377 g/mol. The van der Waals surface area contributed by atoms with Crippen LogP contribution < -0.4 is 10.6 Å². The van der Waals surface area contributed by atoms with E-state index in [4.69, 9.17) is 0 Å². The van der Waals surface area contributed by atoms with Gasteiger partial charge < -0.3 is 14.8 Å². The average Bonchev–Trinajstić information content (AvgIpc) is 2.97. The summed E-state index contributed by atoms with van der Waals surface area (Å²) in [6.07, 6.45) is 5.29. The van der Waals surface area contributed by atoms with E-state index in [2.05, 4.69) is 31.9 Å². The van der Waals surface area contributed by atoms with E-state index >= 15 is 0 Å². The second kappa shape index (κ2) is 7.09. The second-order valence-corrected chi connectivity index (χ2v) is 8.41. The Labute approximate surface area is 164 Å². The number of aryl methyl sites for hydroxylation is 1. The van der Waals surface area contributed by atoms with Gasteiger partial charge in [-0.15, -0.1) is 0 Å². The number of hydrogen-bond acceptors (Lipinski definition) is 4. The number of rotatable bonds is 7. The van der Waals surface area contributed by atoms with Crippen molar-refractivity contribution in [2.75, 3.05) is 37.6 Å². The van der Waals surface area contributed by atoms with Crippen LogP contribution in [0.2, 0.25) is 0 Å². The molecule has 2 aliphatic rings. The highest BCUT2D eigenvalue weighted by Crippen LogP contribution is 2.41. The summed E-state index contributed by atoms with van der Waals surface area (Å²) in [6.45, 7) is 6.70. The molecule has 0 atom stereocenters. The third-order valence-electron chi connectivity index (χ3n) is 6.18. The van der Waals surface area contributed by atoms with Crippen LogP contribution in [0.4, 0.5) is 5.82 Å². The zero-order chi connectivity index (χ0) is 19.0. The summed E-state index contributed by atoms with van der Waals surface area (Å²) in [6, 6.07) is 14.1. The number of nitrogens with one attached hydrogen (secondary N) is 1. The molecule has 6 heteroatoms. The molecule has 2 aromatic heterocycles. The number of imidazole rings is 1. The number of benzene rings is 1. The van der Waals surface area contributed by atoms with E-state index in [1.807, 2.05) is 41.1 Å². The van der Waals surface area contributed by atoms with E-state index in [0.29, 0.717) is 5.41 Å². The molecule has 5 rings (SSSR count). The second-order valence-electron chi connectivity index (χ2n) is 8.41. The molecule has 0 aliphatic carbocycles. The summed E-state index contributed by atoms with van der Waals surface area (Å²) in [5.41, 5.74) is 2.46. The molecule has 0 amide bonds. The number of aromatic amines is 1. The Morgan fingerprint density at radius 2 is 1.71 bits per heavy atom. The van der Waals surface area contributed by atoms with E-state index in [9.17, 15) is 4.79 Å². The third kappa shape index (κ3) is 3.22. The molecular formula is C22H27N5O. The Morgan fingerprint density at radius 3 is 2.54 bits per heavy atom. The highest BCUT2D eigenvalue weighted by molar-refractivity contribution is 5.74. The fourth-order valence-corrected chi connectivity index (χ4v) is 4.84. The number of fused-ring (bicyclic) bond motifs is 1. The van der Waals surface area contributed by atoms with E-state index in [-0.39, 0.29) is 5.69 Å². The summed E-state index contributed by atoms with van der Waals surface area (Å²) in [5, 5.41) is 0. The zero-order valence-corrected chi connectivity index (χ0v) is 16.2. The van der Waals surface area contributed by atoms with Gasteiger partial charge in [0.1, 0.15) is 5.82 Å². The van der Waals surface area contributed by atoms with Crippen LogP contribution in [0.15, 0.2) is 53.5 Å². The lowest BCUT2D eigenvalue weighted by atomic mass is 9.72. The van der Waals surface area contributed by atoms with Crippen LogP contribution in [0.25, 0.3) is 11.0 Å². The average molecular weight is 377 g/mol. The predicted molar refractivity (Wildman–Crippen MR) is 112 cm³/mol. The minimum atomic E-state index is 0.00771. The molecular weight excluding hydrogens is 350 g/mol. The molecule has 1 spiro atoms. The molecule has 28 heavy (non-hydrogen) atoms. The van der Waals surface area contributed by atoms with Crippen LogP contribution in [0, 0.1) is 5.41 Å². The number of aromatic nitrogens is 3. The van der Waals surface area contributed by atoms with Crippen molar-refractivity contribution in [3.8, 4) is 0 Å². The molecule has 0 unspecified atom stereocenters. The number of unbranched alkanes of at least 4 members (excludes halogenated alkanes) is 2. The van der Waals surface area contributed by atoms with Gasteiger partial charge in [-0.25, -0.2) is 9.78 Å². The fourth-order valence-electron chi connectivity index (χ4n) is 4.84. The SMILES string of the molecule is O=c1[nH]c2ccccc2n1CCCCCN1CC2(C1)CN(c1ccccn1)C2. The lowest BCUT2D eigenvalue weighted by Crippen LogP contribution is -2.72. The van der Waals surface area contributed by atoms with Gasteiger partial charge >= 0.3 is 5.69 Å². The molecule has 1 N–H and O–H groups in total. The predicted octanol–water partition coefficient (Wildman–Crippen LogP) is 2.72. The zero-order valence-electron chi connectivity index (χ0n) is 16.2. The van der Waals surface area contributed by atoms with Gasteiger partial charge in [0.25, 0.3) is 0 Å². The first-order chi connectivity index (χ1) is 13.7. The molecule has 0 radical (unpaired) electrons. The highest BCUT2D eigenvalue weighted by Gasteiger charge is 2.51. The molecule has 6 nitrogen and oxygen atoms in total. The first kappa shape index (κ1) is 17.5. The molecule has 1 aromatic carbocycles. The molecule has 4 heterocycles. The first-order valence-corrected chi connectivity index (χ1v) is 10.3. The maximum absolute atomic E-state index is 12.1. The normalized spacial score (nSPS) is 18.4. The van der Waals surface area contributed by atoms with Crippen molar-refractivity contribution in [1.29, 1.82) is 0 Å². The van der Waals surface area contributed by atoms with Crippen molar-refractivity contribution < 1.29 is 0 Å². The van der Waals surface area contributed by atoms with Gasteiger partial charge in [0.2, 0.25) is 0 Å². The van der Waals surface area contributed by atoms with Gasteiger partial charge in [0.05, 0.1) is 11.0 Å². The molecule has 3 aromatic rings. The van der Waals surface area contributed by atoms with Crippen LogP contribution in [-0.2, 0) is 6.54 Å². The van der Waals surface area contributed by atoms with E-state index < -0.39 is 0 Å². The largest absolute Gasteiger partial charge is 0.355 e. The lowest BCUT2D eigenvalue weighted by molar-refractivity contribution is -0.0227. The minimum absolute atomic E-state index is 0.00771. The number of para-hydroxylation sites is 2. The lowest BCUT2D eigenvalue weighted by Gasteiger charge is -2.60. The van der Waals surface area contributed by atoms with Crippen molar-refractivity contribution in [3.05, 3.63) is 59.1 Å². The Hall–Kier alpha value is -2.60. The molecule has 146 valence electrons. The third-order valence-corrected chi connectivity index (χ3v) is 6.18. The number of anilines is 1. The van der Waals surface area contributed by atoms with E-state index in [1.54, 1.807) is 0 Å². The van der Waals surface area contributed by atoms with Gasteiger partial charge in [-0.1, -0.05) is 24.6 Å². The topological polar surface area (TPSA) is 57.2 Å². The van der Waals surface area contributed by atoms with Gasteiger partial charge in [0.15, 0.2) is 0 Å². The van der Waals surface area contributed by atoms with Crippen LogP contribution in [-0.4, -0.2) is 52.2 Å². The van der Waals surface area contributed by atoms with Crippen molar-refractivity contribution in [1.82, 2.24) is 19.4 Å². The quantitative estimate of drug-likeness (QED) is 0.643. The van der Waals surface area contributed by atoms with Crippen LogP contribution in [0.5, 0.6) is 0 Å². The molecule has 2 aliphatic heterocycles. The molecule has 0 saturated carbocycles. The first-order valence-electron chi connectivity index (χ1n) is 10.3. The Balaban J connectivity index is 1.02. The van der Waals surface area contributed by atoms with Crippen molar-refractivity contribution in [3.63, 3.8) is 0 Å². The smallest absolute Gasteiger partial charge is 0.326 e. The molecule has 2 saturated heterocycles. The number of H-pyrrole nitrogens is 1. The van der Waals surface area contributed by atoms with Gasteiger partial charge in [-0.2, -0.15) is 0 Å². The van der Waals surface area contributed by atoms with Crippen molar-refractivity contribution in [2.24, 2.45) is 5.41 Å².